The van der Waals surface area contributed by atoms with Crippen molar-refractivity contribution < 1.29 is 9.53 Å². The Morgan fingerprint density at radius 1 is 1.25 bits per heavy atom. The van der Waals surface area contributed by atoms with Gasteiger partial charge in [0.05, 0.1) is 0 Å². The van der Waals surface area contributed by atoms with Crippen LogP contribution in [0.2, 0.25) is 5.02 Å². The molecule has 0 saturated carbocycles. The maximum absolute atomic E-state index is 12.5. The zero-order chi connectivity index (χ0) is 14.3. The largest absolute Gasteiger partial charge is 0.490 e. The number of carbonyl (C=O) groups excluding carboxylic acids is 1. The summed E-state index contributed by atoms with van der Waals surface area (Å²) in [5.41, 5.74) is 8.41. The van der Waals surface area contributed by atoms with Crippen LogP contribution in [0.1, 0.15) is 28.4 Å². The van der Waals surface area contributed by atoms with E-state index in [-0.39, 0.29) is 11.9 Å². The molecule has 0 amide bonds. The van der Waals surface area contributed by atoms with Gasteiger partial charge in [0.25, 0.3) is 0 Å². The van der Waals surface area contributed by atoms with Crippen molar-refractivity contribution in [2.24, 2.45) is 0 Å². The molecule has 0 bridgehead atoms. The Labute approximate surface area is 122 Å². The summed E-state index contributed by atoms with van der Waals surface area (Å²) in [5, 5.41) is 0.464. The van der Waals surface area contributed by atoms with Gasteiger partial charge in [0.1, 0.15) is 11.9 Å². The van der Waals surface area contributed by atoms with Crippen LogP contribution in [0.15, 0.2) is 36.4 Å². The first-order chi connectivity index (χ1) is 9.52. The minimum absolute atomic E-state index is 0.0819. The molecular weight excluding hydrogens is 274 g/mol. The first kappa shape index (κ1) is 13.0. The molecule has 4 heteroatoms. The highest BCUT2D eigenvalue weighted by atomic mass is 35.5. The first-order valence-electron chi connectivity index (χ1n) is 6.43. The van der Waals surface area contributed by atoms with Crippen molar-refractivity contribution in [3.63, 3.8) is 0 Å². The molecular formula is C16H14ClNO2. The molecule has 0 fully saturated rings. The summed E-state index contributed by atoms with van der Waals surface area (Å²) in [4.78, 5) is 12.5. The normalized spacial score (nSPS) is 16.6. The van der Waals surface area contributed by atoms with Crippen LogP contribution < -0.4 is 10.5 Å². The average molecular weight is 288 g/mol. The molecule has 1 unspecified atom stereocenters. The van der Waals surface area contributed by atoms with Gasteiger partial charge in [0.2, 0.25) is 0 Å². The second-order valence-electron chi connectivity index (χ2n) is 5.06. The van der Waals surface area contributed by atoms with Gasteiger partial charge in [-0.15, -0.1) is 0 Å². The third-order valence-corrected chi connectivity index (χ3v) is 3.56. The third kappa shape index (κ3) is 2.37. The molecule has 1 aliphatic heterocycles. The molecule has 2 aromatic carbocycles. The van der Waals surface area contributed by atoms with Gasteiger partial charge < -0.3 is 10.5 Å². The van der Waals surface area contributed by atoms with E-state index >= 15 is 0 Å². The van der Waals surface area contributed by atoms with E-state index in [0.717, 1.165) is 17.7 Å². The van der Waals surface area contributed by atoms with E-state index in [0.29, 0.717) is 21.8 Å². The predicted molar refractivity (Wildman–Crippen MR) is 79.5 cm³/mol. The number of ether oxygens (including phenoxy) is 1. The molecule has 2 N–H and O–H groups in total. The van der Waals surface area contributed by atoms with Crippen molar-refractivity contribution in [2.45, 2.75) is 19.4 Å². The summed E-state index contributed by atoms with van der Waals surface area (Å²) in [7, 11) is 0. The molecule has 0 aliphatic carbocycles. The number of rotatable bonds is 2. The van der Waals surface area contributed by atoms with Gasteiger partial charge in [0, 0.05) is 28.3 Å². The van der Waals surface area contributed by atoms with Gasteiger partial charge in [-0.3, -0.25) is 4.79 Å². The summed E-state index contributed by atoms with van der Waals surface area (Å²) in [6.07, 6.45) is 0.992. The van der Waals surface area contributed by atoms with Gasteiger partial charge >= 0.3 is 0 Å². The van der Waals surface area contributed by atoms with Crippen molar-refractivity contribution in [3.8, 4) is 5.75 Å². The monoisotopic (exact) mass is 287 g/mol. The fraction of sp³-hybridized carbons (Fsp3) is 0.188. The molecule has 0 saturated heterocycles. The molecule has 102 valence electrons. The smallest absolute Gasteiger partial charge is 0.193 e. The lowest BCUT2D eigenvalue weighted by atomic mass is 9.99. The van der Waals surface area contributed by atoms with Crippen LogP contribution in [0, 0.1) is 0 Å². The van der Waals surface area contributed by atoms with Crippen molar-refractivity contribution in [1.82, 2.24) is 0 Å². The van der Waals surface area contributed by atoms with Crippen molar-refractivity contribution in [1.29, 1.82) is 0 Å². The molecule has 3 rings (SSSR count). The van der Waals surface area contributed by atoms with Gasteiger partial charge in [-0.25, -0.2) is 0 Å². The lowest BCUT2D eigenvalue weighted by Gasteiger charge is -2.05. The number of hydrogen-bond donors (Lipinski definition) is 1. The molecule has 1 atom stereocenters. The summed E-state index contributed by atoms with van der Waals surface area (Å²) < 4.78 is 5.63. The highest BCUT2D eigenvalue weighted by Crippen LogP contribution is 2.30. The topological polar surface area (TPSA) is 52.3 Å². The number of hydrogen-bond acceptors (Lipinski definition) is 3. The van der Waals surface area contributed by atoms with Crippen LogP contribution >= 0.6 is 11.6 Å². The Kier molecular flexibility index (Phi) is 3.14. The zero-order valence-electron chi connectivity index (χ0n) is 11.0. The number of ketones is 1. The molecule has 1 aliphatic rings. The lowest BCUT2D eigenvalue weighted by molar-refractivity contribution is 0.103. The van der Waals surface area contributed by atoms with Crippen LogP contribution in [0.25, 0.3) is 0 Å². The summed E-state index contributed by atoms with van der Waals surface area (Å²) in [6, 6.07) is 10.4. The molecule has 0 spiro atoms. The fourth-order valence-corrected chi connectivity index (χ4v) is 2.72. The molecule has 2 aromatic rings. The van der Waals surface area contributed by atoms with E-state index in [2.05, 4.69) is 0 Å². The van der Waals surface area contributed by atoms with E-state index in [4.69, 9.17) is 22.1 Å². The van der Waals surface area contributed by atoms with Crippen molar-refractivity contribution in [3.05, 3.63) is 58.1 Å². The SMILES string of the molecule is CC1Cc2cc(C(=O)c3cc(N)cc(Cl)c3)ccc2O1. The molecule has 1 heterocycles. The van der Waals surface area contributed by atoms with Crippen LogP contribution in [-0.4, -0.2) is 11.9 Å². The Balaban J connectivity index is 1.97. The van der Waals surface area contributed by atoms with E-state index < -0.39 is 0 Å². The molecule has 0 aromatic heterocycles. The highest BCUT2D eigenvalue weighted by Gasteiger charge is 2.21. The zero-order valence-corrected chi connectivity index (χ0v) is 11.8. The predicted octanol–water partition coefficient (Wildman–Crippen LogP) is 3.48. The third-order valence-electron chi connectivity index (χ3n) is 3.34. The van der Waals surface area contributed by atoms with Crippen LogP contribution in [0.3, 0.4) is 0 Å². The number of halogens is 1. The number of anilines is 1. The van der Waals surface area contributed by atoms with Gasteiger partial charge in [-0.05, 0) is 48.9 Å². The minimum Gasteiger partial charge on any atom is -0.490 e. The lowest BCUT2D eigenvalue weighted by Crippen LogP contribution is -2.05. The highest BCUT2D eigenvalue weighted by molar-refractivity contribution is 6.31. The Bertz CT molecular complexity index is 677. The number of nitrogen functional groups attached to an aromatic ring is 1. The quantitative estimate of drug-likeness (QED) is 0.679. The van der Waals surface area contributed by atoms with Crippen LogP contribution in [0.5, 0.6) is 5.75 Å². The summed E-state index contributed by atoms with van der Waals surface area (Å²) in [5.74, 6) is 0.779. The number of fused-ring (bicyclic) bond motifs is 1. The Morgan fingerprint density at radius 2 is 2.05 bits per heavy atom. The fourth-order valence-electron chi connectivity index (χ4n) is 2.47. The molecule has 0 radical (unpaired) electrons. The Hall–Kier alpha value is -2.00. The van der Waals surface area contributed by atoms with Gasteiger partial charge in [-0.1, -0.05) is 11.6 Å². The van der Waals surface area contributed by atoms with Crippen LogP contribution in [0.4, 0.5) is 5.69 Å². The second kappa shape index (κ2) is 4.84. The van der Waals surface area contributed by atoms with Crippen molar-refractivity contribution >= 4 is 23.1 Å². The van der Waals surface area contributed by atoms with E-state index in [1.165, 1.54) is 0 Å². The average Bonchev–Trinajstić information content (AvgIpc) is 2.75. The molecule has 20 heavy (non-hydrogen) atoms. The van der Waals surface area contributed by atoms with Crippen molar-refractivity contribution in [2.75, 3.05) is 5.73 Å². The first-order valence-corrected chi connectivity index (χ1v) is 6.81. The standard InChI is InChI=1S/C16H14ClNO2/c1-9-4-11-5-10(2-3-15(11)20-9)16(19)12-6-13(17)8-14(18)7-12/h2-3,5-9H,4,18H2,1H3. The van der Waals surface area contributed by atoms with E-state index in [9.17, 15) is 4.79 Å². The molecule has 3 nitrogen and oxygen atoms in total. The summed E-state index contributed by atoms with van der Waals surface area (Å²) in [6.45, 7) is 2.01. The summed E-state index contributed by atoms with van der Waals surface area (Å²) >= 11 is 5.94. The Morgan fingerprint density at radius 3 is 2.80 bits per heavy atom. The van der Waals surface area contributed by atoms with E-state index in [1.807, 2.05) is 19.1 Å². The van der Waals surface area contributed by atoms with Gasteiger partial charge in [-0.2, -0.15) is 0 Å². The van der Waals surface area contributed by atoms with Crippen LogP contribution in [-0.2, 0) is 6.42 Å². The van der Waals surface area contributed by atoms with Gasteiger partial charge in [0.15, 0.2) is 5.78 Å². The number of carbonyl (C=O) groups is 1. The van der Waals surface area contributed by atoms with E-state index in [1.54, 1.807) is 24.3 Å². The minimum atomic E-state index is -0.0819. The maximum atomic E-state index is 12.5. The second-order valence-corrected chi connectivity index (χ2v) is 5.49. The number of benzene rings is 2. The maximum Gasteiger partial charge on any atom is 0.193 e. The number of nitrogens with two attached hydrogens (primary N) is 1.